The van der Waals surface area contributed by atoms with Crippen LogP contribution in [0.3, 0.4) is 0 Å². The lowest BCUT2D eigenvalue weighted by atomic mass is 9.90. The minimum absolute atomic E-state index is 0.202. The van der Waals surface area contributed by atoms with Crippen LogP contribution in [0.1, 0.15) is 38.2 Å². The van der Waals surface area contributed by atoms with Gasteiger partial charge in [-0.15, -0.1) is 0 Å². The van der Waals surface area contributed by atoms with E-state index in [1.165, 1.54) is 12.8 Å². The van der Waals surface area contributed by atoms with Gasteiger partial charge in [-0.1, -0.05) is 12.8 Å². The van der Waals surface area contributed by atoms with Crippen LogP contribution in [0, 0.1) is 6.92 Å². The van der Waals surface area contributed by atoms with Crippen LogP contribution in [-0.2, 0) is 16.1 Å². The van der Waals surface area contributed by atoms with Gasteiger partial charge in [-0.05, 0) is 32.3 Å². The van der Waals surface area contributed by atoms with Gasteiger partial charge < -0.3 is 15.0 Å². The molecule has 1 amide bonds. The number of carbonyl (C=O) groups is 1. The molecule has 1 saturated heterocycles. The number of hydrogen-bond donors (Lipinski definition) is 1. The van der Waals surface area contributed by atoms with Gasteiger partial charge in [0.15, 0.2) is 0 Å². The Morgan fingerprint density at radius 3 is 3.09 bits per heavy atom. The number of amides is 1. The molecule has 0 spiro atoms. The van der Waals surface area contributed by atoms with Gasteiger partial charge in [0.25, 0.3) is 0 Å². The molecule has 0 radical (unpaired) electrons. The van der Waals surface area contributed by atoms with Gasteiger partial charge in [-0.25, -0.2) is 0 Å². The van der Waals surface area contributed by atoms with Crippen molar-refractivity contribution in [3.05, 3.63) is 18.0 Å². The first kappa shape index (κ1) is 16.5. The molecule has 0 bridgehead atoms. The summed E-state index contributed by atoms with van der Waals surface area (Å²) >= 11 is 0. The molecule has 1 aromatic rings. The zero-order valence-corrected chi connectivity index (χ0v) is 14.2. The van der Waals surface area contributed by atoms with Crippen LogP contribution in [0.25, 0.3) is 0 Å². The van der Waals surface area contributed by atoms with E-state index in [4.69, 9.17) is 4.74 Å². The van der Waals surface area contributed by atoms with Crippen molar-refractivity contribution in [3.63, 3.8) is 0 Å². The lowest BCUT2D eigenvalue weighted by molar-refractivity contribution is -0.148. The van der Waals surface area contributed by atoms with E-state index in [1.807, 2.05) is 28.9 Å². The van der Waals surface area contributed by atoms with E-state index in [-0.39, 0.29) is 24.1 Å². The molecule has 0 aromatic carbocycles. The van der Waals surface area contributed by atoms with Crippen molar-refractivity contribution in [2.45, 2.75) is 64.3 Å². The molecule has 1 N–H and O–H groups in total. The van der Waals surface area contributed by atoms with Crippen LogP contribution < -0.4 is 5.32 Å². The summed E-state index contributed by atoms with van der Waals surface area (Å²) in [5.74, 6) is 0.202. The summed E-state index contributed by atoms with van der Waals surface area (Å²) in [5, 5.41) is 7.63. The normalized spacial score (nSPS) is 25.9. The van der Waals surface area contributed by atoms with E-state index < -0.39 is 0 Å². The summed E-state index contributed by atoms with van der Waals surface area (Å²) in [4.78, 5) is 14.6. The molecule has 3 rings (SSSR count). The third-order valence-corrected chi connectivity index (χ3v) is 4.88. The number of aryl methyl sites for hydroxylation is 1. The van der Waals surface area contributed by atoms with Crippen molar-refractivity contribution in [2.75, 3.05) is 19.7 Å². The first-order chi connectivity index (χ1) is 11.1. The summed E-state index contributed by atoms with van der Waals surface area (Å²) in [6.07, 6.45) is 8.74. The van der Waals surface area contributed by atoms with E-state index in [9.17, 15) is 4.79 Å². The largest absolute Gasteiger partial charge is 0.374 e. The highest BCUT2D eigenvalue weighted by molar-refractivity contribution is 5.78. The van der Waals surface area contributed by atoms with Gasteiger partial charge in [0, 0.05) is 18.8 Å². The maximum absolute atomic E-state index is 12.6. The molecule has 1 aliphatic heterocycles. The molecular weight excluding hydrogens is 292 g/mol. The fraction of sp³-hybridized carbons (Fsp3) is 0.765. The van der Waals surface area contributed by atoms with Crippen LogP contribution in [-0.4, -0.2) is 58.5 Å². The minimum atomic E-state index is 0.202. The Morgan fingerprint density at radius 2 is 2.30 bits per heavy atom. The number of aromatic nitrogens is 2. The molecule has 128 valence electrons. The molecule has 2 aliphatic rings. The fourth-order valence-electron chi connectivity index (χ4n) is 3.68. The van der Waals surface area contributed by atoms with Crippen LogP contribution in [0.4, 0.5) is 0 Å². The number of hydrogen-bond acceptors (Lipinski definition) is 4. The maximum atomic E-state index is 12.6. The number of ether oxygens (including phenoxy) is 1. The van der Waals surface area contributed by atoms with Crippen LogP contribution in [0.15, 0.2) is 12.4 Å². The van der Waals surface area contributed by atoms with Gasteiger partial charge in [-0.3, -0.25) is 9.48 Å². The third kappa shape index (κ3) is 4.12. The zero-order chi connectivity index (χ0) is 16.2. The lowest BCUT2D eigenvalue weighted by Gasteiger charge is -2.44. The SMILES string of the molecule is Cc1cnn(C[C@H](C)NCC(=O)N2CCO[C@@H]3CCCC[C@H]32)c1. The van der Waals surface area contributed by atoms with Gasteiger partial charge in [-0.2, -0.15) is 5.10 Å². The average Bonchev–Trinajstić information content (AvgIpc) is 2.97. The van der Waals surface area contributed by atoms with Crippen LogP contribution >= 0.6 is 0 Å². The lowest BCUT2D eigenvalue weighted by Crippen LogP contribution is -2.57. The predicted octanol–water partition coefficient (Wildman–Crippen LogP) is 1.34. The number of carbonyl (C=O) groups excluding carboxylic acids is 1. The van der Waals surface area contributed by atoms with Crippen molar-refractivity contribution < 1.29 is 9.53 Å². The van der Waals surface area contributed by atoms with E-state index >= 15 is 0 Å². The maximum Gasteiger partial charge on any atom is 0.236 e. The van der Waals surface area contributed by atoms with Crippen molar-refractivity contribution in [2.24, 2.45) is 0 Å². The second kappa shape index (κ2) is 7.45. The monoisotopic (exact) mass is 320 g/mol. The quantitative estimate of drug-likeness (QED) is 0.889. The Balaban J connectivity index is 1.48. The highest BCUT2D eigenvalue weighted by atomic mass is 16.5. The minimum Gasteiger partial charge on any atom is -0.374 e. The topological polar surface area (TPSA) is 59.4 Å². The molecular formula is C17H28N4O2. The van der Waals surface area contributed by atoms with Crippen molar-refractivity contribution >= 4 is 5.91 Å². The van der Waals surface area contributed by atoms with Gasteiger partial charge in [0.1, 0.15) is 0 Å². The predicted molar refractivity (Wildman–Crippen MR) is 88.1 cm³/mol. The van der Waals surface area contributed by atoms with Crippen LogP contribution in [0.2, 0.25) is 0 Å². The molecule has 1 saturated carbocycles. The molecule has 6 heteroatoms. The standard InChI is InChI=1S/C17H28N4O2/c1-13-9-19-20(11-13)12-14(2)18-10-17(22)21-7-8-23-16-6-4-3-5-15(16)21/h9,11,14-16,18H,3-8,10,12H2,1-2H3/t14-,15+,16+/m0/s1. The molecule has 3 atom stereocenters. The van der Waals surface area contributed by atoms with E-state index in [1.54, 1.807) is 0 Å². The second-order valence-corrected chi connectivity index (χ2v) is 6.87. The van der Waals surface area contributed by atoms with E-state index in [0.717, 1.165) is 31.5 Å². The summed E-state index contributed by atoms with van der Waals surface area (Å²) in [6.45, 7) is 6.70. The summed E-state index contributed by atoms with van der Waals surface area (Å²) in [7, 11) is 0. The summed E-state index contributed by atoms with van der Waals surface area (Å²) in [6, 6.07) is 0.498. The Morgan fingerprint density at radius 1 is 1.48 bits per heavy atom. The Bertz CT molecular complexity index is 528. The highest BCUT2D eigenvalue weighted by Gasteiger charge is 2.36. The first-order valence-electron chi connectivity index (χ1n) is 8.77. The second-order valence-electron chi connectivity index (χ2n) is 6.87. The van der Waals surface area contributed by atoms with Gasteiger partial charge in [0.05, 0.1) is 38.0 Å². The first-order valence-corrected chi connectivity index (χ1v) is 8.77. The number of nitrogens with zero attached hydrogens (tertiary/aromatic N) is 3. The van der Waals surface area contributed by atoms with E-state index in [0.29, 0.717) is 13.2 Å². The molecule has 2 fully saturated rings. The summed E-state index contributed by atoms with van der Waals surface area (Å²) < 4.78 is 7.76. The molecule has 1 aliphatic carbocycles. The molecule has 0 unspecified atom stereocenters. The Kier molecular flexibility index (Phi) is 5.33. The zero-order valence-electron chi connectivity index (χ0n) is 14.2. The smallest absolute Gasteiger partial charge is 0.236 e. The Hall–Kier alpha value is -1.40. The third-order valence-electron chi connectivity index (χ3n) is 4.88. The average molecular weight is 320 g/mol. The molecule has 6 nitrogen and oxygen atoms in total. The van der Waals surface area contributed by atoms with Gasteiger partial charge >= 0.3 is 0 Å². The Labute approximate surface area is 138 Å². The van der Waals surface area contributed by atoms with Crippen LogP contribution in [0.5, 0.6) is 0 Å². The van der Waals surface area contributed by atoms with Crippen molar-refractivity contribution in [1.82, 2.24) is 20.0 Å². The number of fused-ring (bicyclic) bond motifs is 1. The van der Waals surface area contributed by atoms with Gasteiger partial charge in [0.2, 0.25) is 5.91 Å². The molecule has 1 aromatic heterocycles. The van der Waals surface area contributed by atoms with Crippen molar-refractivity contribution in [3.8, 4) is 0 Å². The van der Waals surface area contributed by atoms with Crippen molar-refractivity contribution in [1.29, 1.82) is 0 Å². The highest BCUT2D eigenvalue weighted by Crippen LogP contribution is 2.28. The van der Waals surface area contributed by atoms with E-state index in [2.05, 4.69) is 17.3 Å². The molecule has 23 heavy (non-hydrogen) atoms. The summed E-state index contributed by atoms with van der Waals surface area (Å²) in [5.41, 5.74) is 1.16. The fourth-order valence-corrected chi connectivity index (χ4v) is 3.68. The number of morpholine rings is 1. The number of nitrogens with one attached hydrogen (secondary N) is 1. The molecule has 2 heterocycles. The number of rotatable bonds is 5.